The van der Waals surface area contributed by atoms with Gasteiger partial charge in [0.1, 0.15) is 0 Å². The molecule has 0 fully saturated rings. The smallest absolute Gasteiger partial charge is 0.0717 e. The zero-order valence-electron chi connectivity index (χ0n) is 7.82. The van der Waals surface area contributed by atoms with E-state index in [1.54, 1.807) is 11.8 Å². The summed E-state index contributed by atoms with van der Waals surface area (Å²) in [4.78, 5) is 0. The molecule has 0 aromatic heterocycles. The molecule has 0 atom stereocenters. The highest BCUT2D eigenvalue weighted by molar-refractivity contribution is 7.98. The van der Waals surface area contributed by atoms with E-state index < -0.39 is 0 Å². The molecule has 0 unspecified atom stereocenters. The van der Waals surface area contributed by atoms with E-state index in [-0.39, 0.29) is 0 Å². The third-order valence-corrected chi connectivity index (χ3v) is 2.26. The van der Waals surface area contributed by atoms with E-state index in [1.807, 2.05) is 24.3 Å². The predicted octanol–water partition coefficient (Wildman–Crippen LogP) is 2.15. The molecular formula is C10H15NOS. The number of hydrogen-bond donors (Lipinski definition) is 1. The fraction of sp³-hybridized carbons (Fsp3) is 0.400. The fourth-order valence-electron chi connectivity index (χ4n) is 0.946. The molecule has 1 rings (SSSR count). The van der Waals surface area contributed by atoms with Crippen molar-refractivity contribution in [3.63, 3.8) is 0 Å². The summed E-state index contributed by atoms with van der Waals surface area (Å²) in [6.07, 6.45) is 2.08. The molecule has 0 heterocycles. The van der Waals surface area contributed by atoms with Crippen molar-refractivity contribution in [3.05, 3.63) is 29.8 Å². The molecule has 3 heteroatoms. The van der Waals surface area contributed by atoms with Gasteiger partial charge in [-0.05, 0) is 24.0 Å². The predicted molar refractivity (Wildman–Crippen MR) is 58.9 cm³/mol. The van der Waals surface area contributed by atoms with Crippen molar-refractivity contribution in [1.29, 1.82) is 0 Å². The van der Waals surface area contributed by atoms with Gasteiger partial charge >= 0.3 is 0 Å². The van der Waals surface area contributed by atoms with Crippen molar-refractivity contribution in [2.45, 2.75) is 6.61 Å². The molecule has 0 radical (unpaired) electrons. The summed E-state index contributed by atoms with van der Waals surface area (Å²) in [5.41, 5.74) is 7.53. The Balaban J connectivity index is 2.25. The van der Waals surface area contributed by atoms with Crippen LogP contribution >= 0.6 is 11.8 Å². The van der Waals surface area contributed by atoms with Crippen LogP contribution in [-0.4, -0.2) is 18.6 Å². The first-order valence-electron chi connectivity index (χ1n) is 4.24. The van der Waals surface area contributed by atoms with Gasteiger partial charge < -0.3 is 10.5 Å². The molecule has 0 saturated heterocycles. The number of ether oxygens (including phenoxy) is 1. The number of rotatable bonds is 5. The lowest BCUT2D eigenvalue weighted by atomic mass is 10.2. The van der Waals surface area contributed by atoms with Gasteiger partial charge in [0.05, 0.1) is 13.2 Å². The first-order chi connectivity index (χ1) is 6.33. The summed E-state index contributed by atoms with van der Waals surface area (Å²) in [5, 5.41) is 0. The molecule has 0 aliphatic heterocycles. The number of hydrogen-bond acceptors (Lipinski definition) is 3. The van der Waals surface area contributed by atoms with Gasteiger partial charge in [-0.2, -0.15) is 11.8 Å². The maximum Gasteiger partial charge on any atom is 0.0717 e. The third-order valence-electron chi connectivity index (χ3n) is 1.68. The summed E-state index contributed by atoms with van der Waals surface area (Å²) in [6, 6.07) is 7.78. The van der Waals surface area contributed by atoms with E-state index in [9.17, 15) is 0 Å². The van der Waals surface area contributed by atoms with Gasteiger partial charge in [-0.1, -0.05) is 12.1 Å². The Labute approximate surface area is 83.5 Å². The summed E-state index contributed by atoms with van der Waals surface area (Å²) >= 11 is 1.79. The topological polar surface area (TPSA) is 35.2 Å². The second-order valence-electron chi connectivity index (χ2n) is 2.79. The molecule has 72 valence electrons. The Kier molecular flexibility index (Phi) is 4.72. The van der Waals surface area contributed by atoms with Crippen LogP contribution in [0.3, 0.4) is 0 Å². The molecule has 0 aliphatic rings. The summed E-state index contributed by atoms with van der Waals surface area (Å²) < 4.78 is 5.44. The Morgan fingerprint density at radius 3 is 2.62 bits per heavy atom. The van der Waals surface area contributed by atoms with Crippen LogP contribution in [-0.2, 0) is 11.3 Å². The van der Waals surface area contributed by atoms with Crippen LogP contribution in [0.2, 0.25) is 0 Å². The monoisotopic (exact) mass is 197 g/mol. The number of thioether (sulfide) groups is 1. The second-order valence-corrected chi connectivity index (χ2v) is 3.77. The van der Waals surface area contributed by atoms with Crippen LogP contribution in [0.5, 0.6) is 0 Å². The quantitative estimate of drug-likeness (QED) is 0.580. The van der Waals surface area contributed by atoms with E-state index in [0.29, 0.717) is 6.61 Å². The molecule has 0 spiro atoms. The summed E-state index contributed by atoms with van der Waals surface area (Å²) in [5.74, 6) is 1.05. The number of anilines is 1. The van der Waals surface area contributed by atoms with Crippen molar-refractivity contribution in [2.24, 2.45) is 0 Å². The van der Waals surface area contributed by atoms with Gasteiger partial charge in [-0.15, -0.1) is 0 Å². The second kappa shape index (κ2) is 5.89. The van der Waals surface area contributed by atoms with E-state index >= 15 is 0 Å². The van der Waals surface area contributed by atoms with Crippen molar-refractivity contribution in [3.8, 4) is 0 Å². The highest BCUT2D eigenvalue weighted by Gasteiger charge is 1.92. The first kappa shape index (κ1) is 10.4. The average molecular weight is 197 g/mol. The number of nitrogen functional groups attached to an aromatic ring is 1. The Morgan fingerprint density at radius 1 is 1.31 bits per heavy atom. The summed E-state index contributed by atoms with van der Waals surface area (Å²) in [7, 11) is 0. The van der Waals surface area contributed by atoms with Crippen LogP contribution in [0, 0.1) is 0 Å². The minimum Gasteiger partial charge on any atom is -0.399 e. The molecule has 2 N–H and O–H groups in total. The van der Waals surface area contributed by atoms with Crippen molar-refractivity contribution >= 4 is 17.4 Å². The van der Waals surface area contributed by atoms with Gasteiger partial charge in [0.2, 0.25) is 0 Å². The zero-order chi connectivity index (χ0) is 9.52. The van der Waals surface area contributed by atoms with Crippen LogP contribution in [0.25, 0.3) is 0 Å². The maximum atomic E-state index is 5.56. The molecule has 0 bridgehead atoms. The largest absolute Gasteiger partial charge is 0.399 e. The van der Waals surface area contributed by atoms with Gasteiger partial charge in [0, 0.05) is 11.4 Å². The number of nitrogens with two attached hydrogens (primary N) is 1. The lowest BCUT2D eigenvalue weighted by molar-refractivity contribution is 0.136. The van der Waals surface area contributed by atoms with E-state index in [1.165, 1.54) is 5.56 Å². The SMILES string of the molecule is CSCCOCc1ccc(N)cc1. The van der Waals surface area contributed by atoms with E-state index in [0.717, 1.165) is 18.0 Å². The van der Waals surface area contributed by atoms with Crippen LogP contribution < -0.4 is 5.73 Å². The van der Waals surface area contributed by atoms with Gasteiger partial charge in [-0.3, -0.25) is 0 Å². The molecule has 0 amide bonds. The fourth-order valence-corrected chi connectivity index (χ4v) is 1.23. The minimum absolute atomic E-state index is 0.681. The van der Waals surface area contributed by atoms with Gasteiger partial charge in [-0.25, -0.2) is 0 Å². The number of benzene rings is 1. The Hall–Kier alpha value is -0.670. The standard InChI is InChI=1S/C10H15NOS/c1-13-7-6-12-8-9-2-4-10(11)5-3-9/h2-5H,6-8,11H2,1H3. The Morgan fingerprint density at radius 2 is 2.00 bits per heavy atom. The lowest BCUT2D eigenvalue weighted by Gasteiger charge is -2.03. The highest BCUT2D eigenvalue weighted by atomic mass is 32.2. The van der Waals surface area contributed by atoms with Gasteiger partial charge in [0.25, 0.3) is 0 Å². The minimum atomic E-state index is 0.681. The lowest BCUT2D eigenvalue weighted by Crippen LogP contribution is -1.97. The molecule has 13 heavy (non-hydrogen) atoms. The summed E-state index contributed by atoms with van der Waals surface area (Å²) in [6.45, 7) is 1.49. The molecule has 2 nitrogen and oxygen atoms in total. The van der Waals surface area contributed by atoms with Gasteiger partial charge in [0.15, 0.2) is 0 Å². The zero-order valence-corrected chi connectivity index (χ0v) is 8.64. The maximum absolute atomic E-state index is 5.56. The van der Waals surface area contributed by atoms with E-state index in [4.69, 9.17) is 10.5 Å². The molecule has 0 aliphatic carbocycles. The van der Waals surface area contributed by atoms with Crippen molar-refractivity contribution in [1.82, 2.24) is 0 Å². The normalized spacial score (nSPS) is 10.2. The average Bonchev–Trinajstić information content (AvgIpc) is 2.15. The van der Waals surface area contributed by atoms with Crippen molar-refractivity contribution < 1.29 is 4.74 Å². The van der Waals surface area contributed by atoms with Crippen LogP contribution in [0.1, 0.15) is 5.56 Å². The van der Waals surface area contributed by atoms with E-state index in [2.05, 4.69) is 6.26 Å². The Bertz CT molecular complexity index is 235. The van der Waals surface area contributed by atoms with Crippen LogP contribution in [0.15, 0.2) is 24.3 Å². The third kappa shape index (κ3) is 4.20. The molecular weight excluding hydrogens is 182 g/mol. The highest BCUT2D eigenvalue weighted by Crippen LogP contribution is 2.06. The molecule has 1 aromatic rings. The molecule has 1 aromatic carbocycles. The van der Waals surface area contributed by atoms with Crippen molar-refractivity contribution in [2.75, 3.05) is 24.3 Å². The molecule has 0 saturated carbocycles. The first-order valence-corrected chi connectivity index (χ1v) is 5.63. The van der Waals surface area contributed by atoms with Crippen LogP contribution in [0.4, 0.5) is 5.69 Å².